The molecule has 2 N–H and O–H groups in total. The van der Waals surface area contributed by atoms with E-state index in [2.05, 4.69) is 10.5 Å². The van der Waals surface area contributed by atoms with E-state index in [1.54, 1.807) is 6.21 Å². The Hall–Kier alpha value is -1.84. The molecule has 0 saturated carbocycles. The van der Waals surface area contributed by atoms with Gasteiger partial charge in [-0.05, 0) is 11.1 Å². The van der Waals surface area contributed by atoms with Crippen LogP contribution in [0.15, 0.2) is 29.4 Å². The standard InChI is InChI=1S/C10H10N2O2/c13-10(14)5-9-8-4-2-1-3-7(8)6-11-12-9/h1-4,6,9,12H,5H2,(H,13,14). The summed E-state index contributed by atoms with van der Waals surface area (Å²) in [7, 11) is 0. The average Bonchev–Trinajstić information content (AvgIpc) is 2.18. The maximum atomic E-state index is 10.6. The topological polar surface area (TPSA) is 61.7 Å². The third-order valence-electron chi connectivity index (χ3n) is 2.18. The van der Waals surface area contributed by atoms with E-state index in [0.29, 0.717) is 0 Å². The molecule has 0 saturated heterocycles. The number of hydrogen-bond acceptors (Lipinski definition) is 3. The van der Waals surface area contributed by atoms with Gasteiger partial charge in [0.2, 0.25) is 0 Å². The third kappa shape index (κ3) is 1.59. The summed E-state index contributed by atoms with van der Waals surface area (Å²) >= 11 is 0. The second-order valence-corrected chi connectivity index (χ2v) is 3.17. The van der Waals surface area contributed by atoms with Crippen LogP contribution in [-0.2, 0) is 4.79 Å². The number of carbonyl (C=O) groups is 1. The third-order valence-corrected chi connectivity index (χ3v) is 2.18. The lowest BCUT2D eigenvalue weighted by molar-refractivity contribution is -0.137. The van der Waals surface area contributed by atoms with E-state index in [1.807, 2.05) is 24.3 Å². The molecule has 72 valence electrons. The van der Waals surface area contributed by atoms with E-state index in [9.17, 15) is 4.79 Å². The Balaban J connectivity index is 2.31. The van der Waals surface area contributed by atoms with Crippen molar-refractivity contribution in [3.63, 3.8) is 0 Å². The normalized spacial score (nSPS) is 18.4. The molecule has 0 bridgehead atoms. The van der Waals surface area contributed by atoms with Crippen LogP contribution in [0.2, 0.25) is 0 Å². The fourth-order valence-electron chi connectivity index (χ4n) is 1.54. The molecule has 0 radical (unpaired) electrons. The maximum Gasteiger partial charge on any atom is 0.305 e. The van der Waals surface area contributed by atoms with Gasteiger partial charge in [-0.1, -0.05) is 24.3 Å². The van der Waals surface area contributed by atoms with Gasteiger partial charge >= 0.3 is 5.97 Å². The molecular weight excluding hydrogens is 180 g/mol. The van der Waals surface area contributed by atoms with Crippen LogP contribution in [0.3, 0.4) is 0 Å². The SMILES string of the molecule is O=C(O)CC1NN=Cc2ccccc21. The van der Waals surface area contributed by atoms with Gasteiger partial charge in [0.1, 0.15) is 0 Å². The van der Waals surface area contributed by atoms with Gasteiger partial charge in [0, 0.05) is 0 Å². The summed E-state index contributed by atoms with van der Waals surface area (Å²) in [5.74, 6) is -0.825. The number of benzene rings is 1. The van der Waals surface area contributed by atoms with Crippen LogP contribution in [0.4, 0.5) is 0 Å². The van der Waals surface area contributed by atoms with Gasteiger partial charge in [-0.25, -0.2) is 0 Å². The second-order valence-electron chi connectivity index (χ2n) is 3.17. The minimum Gasteiger partial charge on any atom is -0.481 e. The Kier molecular flexibility index (Phi) is 2.18. The van der Waals surface area contributed by atoms with Crippen molar-refractivity contribution in [1.82, 2.24) is 5.43 Å². The van der Waals surface area contributed by atoms with Crippen LogP contribution in [0, 0.1) is 0 Å². The van der Waals surface area contributed by atoms with Gasteiger partial charge in [-0.15, -0.1) is 0 Å². The van der Waals surface area contributed by atoms with Crippen molar-refractivity contribution < 1.29 is 9.90 Å². The van der Waals surface area contributed by atoms with Crippen LogP contribution in [-0.4, -0.2) is 17.3 Å². The fourth-order valence-corrected chi connectivity index (χ4v) is 1.54. The minimum atomic E-state index is -0.825. The average molecular weight is 190 g/mol. The summed E-state index contributed by atoms with van der Waals surface area (Å²) in [6.07, 6.45) is 1.75. The van der Waals surface area contributed by atoms with E-state index in [0.717, 1.165) is 11.1 Å². The van der Waals surface area contributed by atoms with Gasteiger partial charge in [-0.3, -0.25) is 4.79 Å². The highest BCUT2D eigenvalue weighted by Crippen LogP contribution is 2.22. The van der Waals surface area contributed by atoms with Gasteiger partial charge in [0.05, 0.1) is 18.7 Å². The first-order valence-electron chi connectivity index (χ1n) is 4.36. The molecule has 0 amide bonds. The Bertz CT molecular complexity index is 387. The summed E-state index contributed by atoms with van der Waals surface area (Å²) in [4.78, 5) is 10.6. The molecule has 2 rings (SSSR count). The molecule has 1 heterocycles. The summed E-state index contributed by atoms with van der Waals surface area (Å²) < 4.78 is 0. The molecule has 1 atom stereocenters. The highest BCUT2D eigenvalue weighted by atomic mass is 16.4. The number of carboxylic acid groups (broad SMARTS) is 1. The smallest absolute Gasteiger partial charge is 0.305 e. The predicted molar refractivity (Wildman–Crippen MR) is 52.2 cm³/mol. The summed E-state index contributed by atoms with van der Waals surface area (Å²) in [6, 6.07) is 7.44. The van der Waals surface area contributed by atoms with Crippen LogP contribution < -0.4 is 5.43 Å². The van der Waals surface area contributed by atoms with Gasteiger partial charge in [0.25, 0.3) is 0 Å². The quantitative estimate of drug-likeness (QED) is 0.735. The molecule has 1 aromatic rings. The molecule has 0 aromatic heterocycles. The molecule has 0 spiro atoms. The summed E-state index contributed by atoms with van der Waals surface area (Å²) in [5.41, 5.74) is 4.77. The zero-order valence-electron chi connectivity index (χ0n) is 7.47. The number of rotatable bonds is 2. The molecule has 4 nitrogen and oxygen atoms in total. The number of aliphatic carboxylic acids is 1. The monoisotopic (exact) mass is 190 g/mol. The van der Waals surface area contributed by atoms with Crippen molar-refractivity contribution in [2.45, 2.75) is 12.5 Å². The number of fused-ring (bicyclic) bond motifs is 1. The van der Waals surface area contributed by atoms with Gasteiger partial charge < -0.3 is 10.5 Å². The Morgan fingerprint density at radius 2 is 2.29 bits per heavy atom. The summed E-state index contributed by atoms with van der Waals surface area (Å²) in [5, 5.41) is 12.6. The van der Waals surface area contributed by atoms with E-state index in [-0.39, 0.29) is 12.5 Å². The lowest BCUT2D eigenvalue weighted by Crippen LogP contribution is -2.24. The zero-order valence-corrected chi connectivity index (χ0v) is 7.47. The predicted octanol–water partition coefficient (Wildman–Crippen LogP) is 1.14. The number of hydrogen-bond donors (Lipinski definition) is 2. The first kappa shape index (κ1) is 8.74. The van der Waals surface area contributed by atoms with E-state index in [4.69, 9.17) is 5.11 Å². The van der Waals surface area contributed by atoms with E-state index < -0.39 is 5.97 Å². The van der Waals surface area contributed by atoms with Crippen LogP contribution >= 0.6 is 0 Å². The molecule has 4 heteroatoms. The first-order valence-corrected chi connectivity index (χ1v) is 4.36. The number of hydrazone groups is 1. The highest BCUT2D eigenvalue weighted by Gasteiger charge is 2.19. The molecule has 1 aliphatic rings. The molecule has 0 fully saturated rings. The molecule has 1 unspecified atom stereocenters. The molecule has 1 aliphatic heterocycles. The number of nitrogens with zero attached hydrogens (tertiary/aromatic N) is 1. The summed E-state index contributed by atoms with van der Waals surface area (Å²) in [6.45, 7) is 0. The Morgan fingerprint density at radius 1 is 1.50 bits per heavy atom. The molecular formula is C10H10N2O2. The highest BCUT2D eigenvalue weighted by molar-refractivity contribution is 5.83. The number of nitrogens with one attached hydrogen (secondary N) is 1. The van der Waals surface area contributed by atoms with Crippen molar-refractivity contribution in [3.05, 3.63) is 35.4 Å². The molecule has 14 heavy (non-hydrogen) atoms. The lowest BCUT2D eigenvalue weighted by atomic mass is 9.98. The zero-order chi connectivity index (χ0) is 9.97. The number of carboxylic acids is 1. The van der Waals surface area contributed by atoms with Crippen molar-refractivity contribution >= 4 is 12.2 Å². The van der Waals surface area contributed by atoms with Crippen LogP contribution in [0.1, 0.15) is 23.6 Å². The second kappa shape index (κ2) is 3.49. The maximum absolute atomic E-state index is 10.6. The van der Waals surface area contributed by atoms with E-state index >= 15 is 0 Å². The lowest BCUT2D eigenvalue weighted by Gasteiger charge is -2.20. The first-order chi connectivity index (χ1) is 6.77. The molecule has 1 aromatic carbocycles. The largest absolute Gasteiger partial charge is 0.481 e. The van der Waals surface area contributed by atoms with Crippen molar-refractivity contribution in [2.75, 3.05) is 0 Å². The Labute approximate surface area is 81.3 Å². The Morgan fingerprint density at radius 3 is 3.07 bits per heavy atom. The van der Waals surface area contributed by atoms with Crippen molar-refractivity contribution in [2.24, 2.45) is 5.10 Å². The minimum absolute atomic E-state index is 0.0500. The fraction of sp³-hybridized carbons (Fsp3) is 0.200. The van der Waals surface area contributed by atoms with Crippen molar-refractivity contribution in [3.8, 4) is 0 Å². The van der Waals surface area contributed by atoms with Gasteiger partial charge in [0.15, 0.2) is 0 Å². The molecule has 0 aliphatic carbocycles. The van der Waals surface area contributed by atoms with Crippen LogP contribution in [0.25, 0.3) is 0 Å². The van der Waals surface area contributed by atoms with Crippen LogP contribution in [0.5, 0.6) is 0 Å². The van der Waals surface area contributed by atoms with Gasteiger partial charge in [-0.2, -0.15) is 5.10 Å². The van der Waals surface area contributed by atoms with Crippen molar-refractivity contribution in [1.29, 1.82) is 0 Å². The van der Waals surface area contributed by atoms with E-state index in [1.165, 1.54) is 0 Å².